The lowest BCUT2D eigenvalue weighted by molar-refractivity contribution is -0.130. The number of hydrogen-bond acceptors (Lipinski definition) is 4. The van der Waals surface area contributed by atoms with E-state index in [1.807, 2.05) is 0 Å². The largest absolute Gasteiger partial charge is 0.497 e. The van der Waals surface area contributed by atoms with E-state index < -0.39 is 11.7 Å². The summed E-state index contributed by atoms with van der Waals surface area (Å²) in [5.41, 5.74) is 0.768. The monoisotopic (exact) mass is 288 g/mol. The molecule has 0 aromatic heterocycles. The second kappa shape index (κ2) is 4.87. The van der Waals surface area contributed by atoms with E-state index in [0.717, 1.165) is 12.8 Å². The Labute approximate surface area is 122 Å². The number of ketones is 1. The Morgan fingerprint density at radius 1 is 1.38 bits per heavy atom. The lowest BCUT2D eigenvalue weighted by Crippen LogP contribution is -2.41. The first-order chi connectivity index (χ1) is 10.0. The quantitative estimate of drug-likeness (QED) is 0.770. The molecular formula is C15H16N2O4. The Bertz CT molecular complexity index is 637. The molecule has 1 aliphatic carbocycles. The van der Waals surface area contributed by atoms with Gasteiger partial charge >= 0.3 is 0 Å². The van der Waals surface area contributed by atoms with Crippen molar-refractivity contribution in [1.29, 1.82) is 0 Å². The minimum Gasteiger partial charge on any atom is -0.497 e. The van der Waals surface area contributed by atoms with Crippen LogP contribution in [0.2, 0.25) is 0 Å². The van der Waals surface area contributed by atoms with Gasteiger partial charge in [-0.3, -0.25) is 19.3 Å². The van der Waals surface area contributed by atoms with Crippen LogP contribution in [0.15, 0.2) is 18.2 Å². The van der Waals surface area contributed by atoms with Gasteiger partial charge in [0.25, 0.3) is 11.7 Å². The number of hydrogen-bond donors (Lipinski definition) is 0. The van der Waals surface area contributed by atoms with Gasteiger partial charge < -0.3 is 9.64 Å². The van der Waals surface area contributed by atoms with Crippen molar-refractivity contribution in [3.63, 3.8) is 0 Å². The zero-order valence-corrected chi connectivity index (χ0v) is 12.0. The van der Waals surface area contributed by atoms with Gasteiger partial charge in [0.05, 0.1) is 18.4 Å². The predicted octanol–water partition coefficient (Wildman–Crippen LogP) is 0.845. The van der Waals surface area contributed by atoms with E-state index >= 15 is 0 Å². The van der Waals surface area contributed by atoms with Crippen LogP contribution in [0.25, 0.3) is 0 Å². The molecular weight excluding hydrogens is 272 g/mol. The normalized spacial score (nSPS) is 17.0. The number of likely N-dealkylation sites (N-methyl/N-ethyl adjacent to an activating group) is 1. The van der Waals surface area contributed by atoms with E-state index in [9.17, 15) is 14.4 Å². The van der Waals surface area contributed by atoms with Crippen LogP contribution in [0.3, 0.4) is 0 Å². The molecule has 21 heavy (non-hydrogen) atoms. The van der Waals surface area contributed by atoms with Gasteiger partial charge in [-0.25, -0.2) is 0 Å². The Morgan fingerprint density at radius 2 is 2.10 bits per heavy atom. The summed E-state index contributed by atoms with van der Waals surface area (Å²) in [7, 11) is 3.23. The van der Waals surface area contributed by atoms with E-state index in [1.165, 1.54) is 18.1 Å². The third-order valence-corrected chi connectivity index (χ3v) is 3.96. The Kier molecular flexibility index (Phi) is 3.16. The highest BCUT2D eigenvalue weighted by molar-refractivity contribution is 6.52. The van der Waals surface area contributed by atoms with E-state index in [1.54, 1.807) is 24.1 Å². The molecule has 0 N–H and O–H groups in total. The number of anilines is 1. The molecule has 0 bridgehead atoms. The molecule has 1 fully saturated rings. The highest BCUT2D eigenvalue weighted by Crippen LogP contribution is 2.32. The van der Waals surface area contributed by atoms with Crippen molar-refractivity contribution in [3.05, 3.63) is 23.8 Å². The molecule has 6 nitrogen and oxygen atoms in total. The highest BCUT2D eigenvalue weighted by Gasteiger charge is 2.39. The van der Waals surface area contributed by atoms with Crippen molar-refractivity contribution in [2.45, 2.75) is 18.9 Å². The molecule has 0 radical (unpaired) electrons. The standard InChI is InChI=1S/C15H16N2O4/c1-16(9-3-4-9)13(18)8-17-12-6-5-10(21-2)7-11(12)14(19)15(17)20/h5-7,9H,3-4,8H2,1-2H3. The smallest absolute Gasteiger partial charge is 0.299 e. The Hall–Kier alpha value is -2.37. The molecule has 1 aliphatic heterocycles. The summed E-state index contributed by atoms with van der Waals surface area (Å²) in [6, 6.07) is 5.12. The van der Waals surface area contributed by atoms with Crippen molar-refractivity contribution < 1.29 is 19.1 Å². The zero-order valence-electron chi connectivity index (χ0n) is 12.0. The number of fused-ring (bicyclic) bond motifs is 1. The van der Waals surface area contributed by atoms with Gasteiger partial charge in [0.15, 0.2) is 0 Å². The Balaban J connectivity index is 1.85. The number of ether oxygens (including phenoxy) is 1. The number of benzene rings is 1. The molecule has 0 unspecified atom stereocenters. The molecule has 0 saturated heterocycles. The van der Waals surface area contributed by atoms with Crippen molar-refractivity contribution >= 4 is 23.3 Å². The summed E-state index contributed by atoms with van der Waals surface area (Å²) in [5.74, 6) is -0.887. The predicted molar refractivity (Wildman–Crippen MR) is 75.5 cm³/mol. The van der Waals surface area contributed by atoms with Crippen LogP contribution in [0.4, 0.5) is 5.69 Å². The summed E-state index contributed by atoms with van der Waals surface area (Å²) < 4.78 is 5.06. The average Bonchev–Trinajstić information content (AvgIpc) is 3.31. The molecule has 1 heterocycles. The van der Waals surface area contributed by atoms with Crippen LogP contribution in [-0.2, 0) is 9.59 Å². The molecule has 1 aromatic carbocycles. The van der Waals surface area contributed by atoms with Gasteiger partial charge in [0, 0.05) is 13.1 Å². The fourth-order valence-electron chi connectivity index (χ4n) is 2.48. The number of Topliss-reactive ketones (excluding diaryl/α,β-unsaturated/α-hetero) is 1. The maximum atomic E-state index is 12.2. The van der Waals surface area contributed by atoms with Gasteiger partial charge in [-0.15, -0.1) is 0 Å². The second-order valence-electron chi connectivity index (χ2n) is 5.34. The molecule has 6 heteroatoms. The molecule has 2 amide bonds. The molecule has 0 spiro atoms. The maximum Gasteiger partial charge on any atom is 0.299 e. The fourth-order valence-corrected chi connectivity index (χ4v) is 2.48. The summed E-state index contributed by atoms with van der Waals surface area (Å²) in [6.07, 6.45) is 2.01. The van der Waals surface area contributed by atoms with Crippen molar-refractivity contribution in [1.82, 2.24) is 4.90 Å². The molecule has 3 rings (SSSR count). The van der Waals surface area contributed by atoms with E-state index in [2.05, 4.69) is 0 Å². The van der Waals surface area contributed by atoms with Crippen LogP contribution in [0.5, 0.6) is 5.75 Å². The first kappa shape index (κ1) is 13.6. The van der Waals surface area contributed by atoms with Crippen molar-refractivity contribution in [3.8, 4) is 5.75 Å². The number of nitrogens with zero attached hydrogens (tertiary/aromatic N) is 2. The number of carbonyl (C=O) groups excluding carboxylic acids is 3. The third kappa shape index (κ3) is 2.26. The molecule has 0 atom stereocenters. The van der Waals surface area contributed by atoms with Crippen molar-refractivity contribution in [2.75, 3.05) is 25.6 Å². The zero-order chi connectivity index (χ0) is 15.1. The third-order valence-electron chi connectivity index (χ3n) is 3.96. The minimum atomic E-state index is -0.657. The average molecular weight is 288 g/mol. The molecule has 1 saturated carbocycles. The van der Waals surface area contributed by atoms with Crippen LogP contribution < -0.4 is 9.64 Å². The van der Waals surface area contributed by atoms with E-state index in [4.69, 9.17) is 4.74 Å². The molecule has 110 valence electrons. The molecule has 1 aromatic rings. The lowest BCUT2D eigenvalue weighted by atomic mass is 10.1. The summed E-state index contributed by atoms with van der Waals surface area (Å²) in [6.45, 7) is -0.100. The summed E-state index contributed by atoms with van der Waals surface area (Å²) in [5, 5.41) is 0. The number of rotatable bonds is 4. The van der Waals surface area contributed by atoms with Crippen molar-refractivity contribution in [2.24, 2.45) is 0 Å². The summed E-state index contributed by atoms with van der Waals surface area (Å²) in [4.78, 5) is 39.1. The number of methoxy groups -OCH3 is 1. The second-order valence-corrected chi connectivity index (χ2v) is 5.34. The number of carbonyl (C=O) groups is 3. The van der Waals surface area contributed by atoms with Gasteiger partial charge in [0.2, 0.25) is 5.91 Å². The highest BCUT2D eigenvalue weighted by atomic mass is 16.5. The van der Waals surface area contributed by atoms with Crippen LogP contribution in [0.1, 0.15) is 23.2 Å². The van der Waals surface area contributed by atoms with Crippen LogP contribution in [-0.4, -0.2) is 49.2 Å². The van der Waals surface area contributed by atoms with Crippen LogP contribution in [0, 0.1) is 0 Å². The first-order valence-electron chi connectivity index (χ1n) is 6.83. The SMILES string of the molecule is COc1ccc2c(c1)C(=O)C(=O)N2CC(=O)N(C)C1CC1. The van der Waals surface area contributed by atoms with E-state index in [-0.39, 0.29) is 18.5 Å². The number of amides is 2. The van der Waals surface area contributed by atoms with Gasteiger partial charge in [0.1, 0.15) is 12.3 Å². The maximum absolute atomic E-state index is 12.2. The minimum absolute atomic E-state index is 0.100. The molecule has 2 aliphatic rings. The van der Waals surface area contributed by atoms with Gasteiger partial charge in [-0.05, 0) is 31.0 Å². The van der Waals surface area contributed by atoms with Gasteiger partial charge in [-0.2, -0.15) is 0 Å². The van der Waals surface area contributed by atoms with Crippen LogP contribution >= 0.6 is 0 Å². The first-order valence-corrected chi connectivity index (χ1v) is 6.83. The topological polar surface area (TPSA) is 66.9 Å². The lowest BCUT2D eigenvalue weighted by Gasteiger charge is -2.21. The summed E-state index contributed by atoms with van der Waals surface area (Å²) >= 11 is 0. The Morgan fingerprint density at radius 3 is 2.71 bits per heavy atom. The fraction of sp³-hybridized carbons (Fsp3) is 0.400. The van der Waals surface area contributed by atoms with E-state index in [0.29, 0.717) is 17.0 Å². The van der Waals surface area contributed by atoms with Gasteiger partial charge in [-0.1, -0.05) is 0 Å².